The Morgan fingerprint density at radius 2 is 1.65 bits per heavy atom. The van der Waals surface area contributed by atoms with Crippen LogP contribution in [-0.4, -0.2) is 67.4 Å². The molecule has 0 saturated carbocycles. The van der Waals surface area contributed by atoms with Crippen molar-refractivity contribution in [1.29, 1.82) is 0 Å². The van der Waals surface area contributed by atoms with Crippen molar-refractivity contribution >= 4 is 22.1 Å². The fourth-order valence-electron chi connectivity index (χ4n) is 2.20. The van der Waals surface area contributed by atoms with Crippen LogP contribution in [0.1, 0.15) is 13.8 Å². The molecule has 2 aliphatic rings. The minimum Gasteiger partial charge on any atom is -0.350 e. The van der Waals surface area contributed by atoms with E-state index in [1.54, 1.807) is 14.1 Å². The van der Waals surface area contributed by atoms with Crippen molar-refractivity contribution in [3.8, 4) is 0 Å². The molecule has 0 radical (unpaired) electrons. The van der Waals surface area contributed by atoms with Gasteiger partial charge in [0.05, 0.1) is 12.1 Å². The zero-order chi connectivity index (χ0) is 15.7. The highest BCUT2D eigenvalue weighted by Gasteiger charge is 2.49. The lowest BCUT2D eigenvalue weighted by atomic mass is 10.0. The maximum Gasteiger partial charge on any atom is 0.362 e. The van der Waals surface area contributed by atoms with Crippen LogP contribution in [0.4, 0.5) is 0 Å². The molecule has 2 fully saturated rings. The van der Waals surface area contributed by atoms with Gasteiger partial charge in [-0.1, -0.05) is 0 Å². The Morgan fingerprint density at radius 3 is 1.85 bits per heavy atom. The third-order valence-corrected chi connectivity index (χ3v) is 4.37. The van der Waals surface area contributed by atoms with Gasteiger partial charge >= 0.3 is 10.3 Å². The predicted molar refractivity (Wildman–Crippen MR) is 71.2 cm³/mol. The zero-order valence-corrected chi connectivity index (χ0v) is 12.6. The molecule has 20 heavy (non-hydrogen) atoms. The third-order valence-electron chi connectivity index (χ3n) is 3.36. The molecule has 0 aromatic carbocycles. The Kier molecular flexibility index (Phi) is 5.08. The minimum atomic E-state index is -4.36. The first-order chi connectivity index (χ1) is 9.15. The first-order valence-corrected chi connectivity index (χ1v) is 7.50. The van der Waals surface area contributed by atoms with E-state index in [1.807, 2.05) is 6.92 Å². The summed E-state index contributed by atoms with van der Waals surface area (Å²) in [4.78, 5) is 21.5. The third kappa shape index (κ3) is 3.08. The number of rotatable bonds is 3. The molecule has 116 valence electrons. The molecule has 10 heteroatoms. The lowest BCUT2D eigenvalue weighted by Crippen LogP contribution is -2.69. The van der Waals surface area contributed by atoms with Crippen molar-refractivity contribution in [3.63, 3.8) is 0 Å². The quantitative estimate of drug-likeness (QED) is 0.341. The molecule has 2 aliphatic heterocycles. The van der Waals surface area contributed by atoms with E-state index < -0.39 is 28.3 Å². The number of carbonyl (C=O) groups excluding carboxylic acids is 2. The molecule has 2 heterocycles. The highest BCUT2D eigenvalue weighted by molar-refractivity contribution is 7.84. The zero-order valence-electron chi connectivity index (χ0n) is 11.7. The Bertz CT molecular complexity index is 494. The number of hydrogen-bond donors (Lipinski definition) is 4. The van der Waals surface area contributed by atoms with Gasteiger partial charge in [0.25, 0.3) is 5.91 Å². The topological polar surface area (TPSA) is 128 Å². The smallest absolute Gasteiger partial charge is 0.350 e. The van der Waals surface area contributed by atoms with Crippen molar-refractivity contribution in [1.82, 2.24) is 20.3 Å². The Morgan fingerprint density at radius 1 is 1.15 bits per heavy atom. The fraction of sp³-hybridized carbons (Fsp3) is 0.800. The summed E-state index contributed by atoms with van der Waals surface area (Å²) in [5.41, 5.74) is 0. The standard InChI is InChI=1S/C5H10N2O4S.C5H10N2O/c1-3-4(6-2)5(8)7(3)12(9,10)11;1-3-4(6-2)5(8)7-3/h3-4,6H,1-2H3,(H,9,10,11);3-4,6H,1-2H3,(H,7,8). The summed E-state index contributed by atoms with van der Waals surface area (Å²) in [6.45, 7) is 3.51. The summed E-state index contributed by atoms with van der Waals surface area (Å²) in [6, 6.07) is -0.660. The van der Waals surface area contributed by atoms with Gasteiger partial charge < -0.3 is 16.0 Å². The molecular formula is C10H20N4O5S. The molecular weight excluding hydrogens is 288 g/mol. The van der Waals surface area contributed by atoms with Gasteiger partial charge in [0, 0.05) is 0 Å². The van der Waals surface area contributed by atoms with Gasteiger partial charge in [-0.2, -0.15) is 8.42 Å². The molecule has 2 amide bonds. The molecule has 4 N–H and O–H groups in total. The predicted octanol–water partition coefficient (Wildman–Crippen LogP) is -2.30. The fourth-order valence-corrected chi connectivity index (χ4v) is 3.08. The number of nitrogens with zero attached hydrogens (tertiary/aromatic N) is 1. The molecule has 0 bridgehead atoms. The second kappa shape index (κ2) is 6.04. The van der Waals surface area contributed by atoms with Crippen LogP contribution < -0.4 is 16.0 Å². The Balaban J connectivity index is 0.000000217. The Hall–Kier alpha value is -1.23. The van der Waals surface area contributed by atoms with Crippen LogP contribution in [0.5, 0.6) is 0 Å². The summed E-state index contributed by atoms with van der Waals surface area (Å²) < 4.78 is 30.1. The van der Waals surface area contributed by atoms with Crippen molar-refractivity contribution in [3.05, 3.63) is 0 Å². The maximum atomic E-state index is 11.0. The van der Waals surface area contributed by atoms with Crippen LogP contribution >= 0.6 is 0 Å². The van der Waals surface area contributed by atoms with Crippen molar-refractivity contribution in [2.45, 2.75) is 38.0 Å². The van der Waals surface area contributed by atoms with Crippen LogP contribution in [-0.2, 0) is 19.9 Å². The van der Waals surface area contributed by atoms with E-state index in [2.05, 4.69) is 16.0 Å². The van der Waals surface area contributed by atoms with E-state index >= 15 is 0 Å². The van der Waals surface area contributed by atoms with Gasteiger partial charge in [0.15, 0.2) is 0 Å². The summed E-state index contributed by atoms with van der Waals surface area (Å²) in [7, 11) is -1.02. The summed E-state index contributed by atoms with van der Waals surface area (Å²) in [6.07, 6.45) is 0. The number of nitrogens with one attached hydrogen (secondary N) is 3. The first-order valence-electron chi connectivity index (χ1n) is 6.10. The highest BCUT2D eigenvalue weighted by atomic mass is 32.2. The van der Waals surface area contributed by atoms with Gasteiger partial charge in [-0.25, -0.2) is 4.31 Å². The summed E-state index contributed by atoms with van der Waals surface area (Å²) >= 11 is 0. The second-order valence-corrected chi connectivity index (χ2v) is 5.97. The molecule has 0 spiro atoms. The first kappa shape index (κ1) is 16.8. The van der Waals surface area contributed by atoms with Crippen molar-refractivity contribution in [2.24, 2.45) is 0 Å². The van der Waals surface area contributed by atoms with E-state index in [0.29, 0.717) is 10.3 Å². The maximum absolute atomic E-state index is 11.0. The molecule has 2 saturated heterocycles. The lowest BCUT2D eigenvalue weighted by Gasteiger charge is -2.41. The average molecular weight is 308 g/mol. The monoisotopic (exact) mass is 308 g/mol. The number of carbonyl (C=O) groups is 2. The number of β-lactam (4-membered cyclic amide) rings is 2. The van der Waals surface area contributed by atoms with Crippen LogP contribution in [0.25, 0.3) is 0 Å². The van der Waals surface area contributed by atoms with Crippen LogP contribution in [0.2, 0.25) is 0 Å². The number of amides is 2. The largest absolute Gasteiger partial charge is 0.362 e. The van der Waals surface area contributed by atoms with Gasteiger partial charge in [-0.05, 0) is 27.9 Å². The molecule has 0 aromatic rings. The highest BCUT2D eigenvalue weighted by Crippen LogP contribution is 2.22. The molecule has 4 unspecified atom stereocenters. The van der Waals surface area contributed by atoms with Gasteiger partial charge in [0.2, 0.25) is 5.91 Å². The van der Waals surface area contributed by atoms with E-state index in [4.69, 9.17) is 4.55 Å². The Labute approximate surface area is 118 Å². The number of likely N-dealkylation sites (N-methyl/N-ethyl adjacent to an activating group) is 2. The normalized spacial score (nSPS) is 32.5. The van der Waals surface area contributed by atoms with E-state index in [-0.39, 0.29) is 11.9 Å². The molecule has 2 rings (SSSR count). The molecule has 4 atom stereocenters. The van der Waals surface area contributed by atoms with Crippen LogP contribution in [0.3, 0.4) is 0 Å². The summed E-state index contributed by atoms with van der Waals surface area (Å²) in [5.74, 6) is -0.507. The second-order valence-electron chi connectivity index (χ2n) is 4.68. The molecule has 0 aromatic heterocycles. The van der Waals surface area contributed by atoms with E-state index in [9.17, 15) is 18.0 Å². The number of hydrogen-bond acceptors (Lipinski definition) is 6. The van der Waals surface area contributed by atoms with E-state index in [0.717, 1.165) is 0 Å². The van der Waals surface area contributed by atoms with E-state index in [1.165, 1.54) is 6.92 Å². The van der Waals surface area contributed by atoms with Crippen molar-refractivity contribution < 1.29 is 22.6 Å². The van der Waals surface area contributed by atoms with Crippen LogP contribution in [0.15, 0.2) is 0 Å². The average Bonchev–Trinajstić information content (AvgIpc) is 2.28. The summed E-state index contributed by atoms with van der Waals surface area (Å²) in [5, 5.41) is 8.23. The van der Waals surface area contributed by atoms with Crippen molar-refractivity contribution in [2.75, 3.05) is 14.1 Å². The van der Waals surface area contributed by atoms with Gasteiger partial charge in [-0.3, -0.25) is 14.1 Å². The SMILES string of the molecule is CNC1C(=O)N(S(=O)(=O)O)C1C.CNC1C(=O)NC1C. The molecule has 9 nitrogen and oxygen atoms in total. The van der Waals surface area contributed by atoms with Gasteiger partial charge in [0.1, 0.15) is 12.1 Å². The minimum absolute atomic E-state index is 0.0509. The van der Waals surface area contributed by atoms with Crippen LogP contribution in [0, 0.1) is 0 Å². The lowest BCUT2D eigenvalue weighted by molar-refractivity contribution is -0.141. The van der Waals surface area contributed by atoms with Gasteiger partial charge in [-0.15, -0.1) is 0 Å². The molecule has 0 aliphatic carbocycles.